The number of ether oxygens (including phenoxy) is 2. The molecule has 2 N–H and O–H groups in total. The summed E-state index contributed by atoms with van der Waals surface area (Å²) in [6.07, 6.45) is 5.18. The molecule has 4 aromatic heterocycles. The van der Waals surface area contributed by atoms with Gasteiger partial charge < -0.3 is 23.9 Å². The van der Waals surface area contributed by atoms with Gasteiger partial charge in [0.15, 0.2) is 5.65 Å². The van der Waals surface area contributed by atoms with Gasteiger partial charge in [0.2, 0.25) is 5.95 Å². The van der Waals surface area contributed by atoms with Gasteiger partial charge in [0.05, 0.1) is 42.2 Å². The maximum absolute atomic E-state index is 14.2. The Kier molecular flexibility index (Phi) is 9.16. The van der Waals surface area contributed by atoms with Gasteiger partial charge in [-0.3, -0.25) is 15.1 Å². The van der Waals surface area contributed by atoms with E-state index in [0.29, 0.717) is 37.2 Å². The van der Waals surface area contributed by atoms with E-state index in [1.54, 1.807) is 27.0 Å². The molecule has 4 heterocycles. The number of rotatable bonds is 12. The molecule has 256 valence electrons. The molecule has 2 aliphatic carbocycles. The van der Waals surface area contributed by atoms with Gasteiger partial charge in [-0.05, 0) is 51.7 Å². The van der Waals surface area contributed by atoms with Crippen molar-refractivity contribution < 1.29 is 32.2 Å². The second kappa shape index (κ2) is 13.2. The van der Waals surface area contributed by atoms with Crippen molar-refractivity contribution in [2.75, 3.05) is 44.1 Å². The molecule has 1 amide bonds. The number of hydrogen-bond donors (Lipinski definition) is 2. The Morgan fingerprint density at radius 1 is 1.19 bits per heavy atom. The fourth-order valence-corrected chi connectivity index (χ4v) is 6.59. The highest BCUT2D eigenvalue weighted by Crippen LogP contribution is 2.46. The van der Waals surface area contributed by atoms with Gasteiger partial charge in [0, 0.05) is 50.0 Å². The number of methoxy groups -OCH3 is 1. The lowest BCUT2D eigenvalue weighted by Gasteiger charge is -2.34. The van der Waals surface area contributed by atoms with Gasteiger partial charge in [-0.25, -0.2) is 14.8 Å². The molecule has 4 aromatic rings. The van der Waals surface area contributed by atoms with E-state index in [2.05, 4.69) is 30.2 Å². The van der Waals surface area contributed by atoms with Crippen LogP contribution < -0.4 is 10.2 Å². The van der Waals surface area contributed by atoms with E-state index in [9.17, 15) is 22.8 Å². The van der Waals surface area contributed by atoms with E-state index in [1.165, 1.54) is 23.3 Å². The molecule has 0 spiro atoms. The number of carbonyl (C=O) groups is 2. The van der Waals surface area contributed by atoms with E-state index < -0.39 is 29.7 Å². The minimum Gasteiger partial charge on any atom is -0.464 e. The summed E-state index contributed by atoms with van der Waals surface area (Å²) in [5.74, 6) is -1.15. The fraction of sp³-hybridized carbons (Fsp3) is 0.515. The number of nitrogens with zero attached hydrogens (tertiary/aromatic N) is 6. The predicted molar refractivity (Wildman–Crippen MR) is 172 cm³/mol. The van der Waals surface area contributed by atoms with Gasteiger partial charge in [-0.2, -0.15) is 18.2 Å². The molecular weight excluding hydrogens is 629 g/mol. The number of nitrogens with one attached hydrogen (secondary N) is 2. The quantitative estimate of drug-likeness (QED) is 0.171. The monoisotopic (exact) mass is 668 g/mol. The van der Waals surface area contributed by atoms with E-state index in [-0.39, 0.29) is 52.2 Å². The zero-order valence-corrected chi connectivity index (χ0v) is 27.4. The summed E-state index contributed by atoms with van der Waals surface area (Å²) in [7, 11) is 3.60. The number of pyridine rings is 2. The molecule has 0 aromatic carbocycles. The number of aromatic amines is 1. The highest BCUT2D eigenvalue weighted by molar-refractivity contribution is 6.03. The van der Waals surface area contributed by atoms with Crippen molar-refractivity contribution in [3.05, 3.63) is 47.8 Å². The molecule has 2 saturated carbocycles. The molecule has 0 radical (unpaired) electrons. The second-order valence-corrected chi connectivity index (χ2v) is 12.8. The number of H-pyrrole nitrogens is 1. The third-order valence-corrected chi connectivity index (χ3v) is 9.16. The van der Waals surface area contributed by atoms with Crippen molar-refractivity contribution in [3.63, 3.8) is 0 Å². The van der Waals surface area contributed by atoms with Gasteiger partial charge >= 0.3 is 12.1 Å². The molecule has 0 bridgehead atoms. The smallest absolute Gasteiger partial charge is 0.418 e. The van der Waals surface area contributed by atoms with Crippen LogP contribution in [0.15, 0.2) is 30.9 Å². The Hall–Kier alpha value is -4.53. The first-order valence-electron chi connectivity index (χ1n) is 16.1. The number of carbonyl (C=O) groups excluding carboxylic acids is 2. The lowest BCUT2D eigenvalue weighted by molar-refractivity contribution is -0.146. The van der Waals surface area contributed by atoms with Crippen LogP contribution >= 0.6 is 0 Å². The van der Waals surface area contributed by atoms with Gasteiger partial charge in [0.25, 0.3) is 5.91 Å². The third kappa shape index (κ3) is 6.86. The largest absolute Gasteiger partial charge is 0.464 e. The van der Waals surface area contributed by atoms with Crippen molar-refractivity contribution in [2.24, 2.45) is 5.41 Å². The zero-order chi connectivity index (χ0) is 34.2. The average molecular weight is 669 g/mol. The molecule has 48 heavy (non-hydrogen) atoms. The first-order valence-corrected chi connectivity index (χ1v) is 16.1. The second-order valence-electron chi connectivity index (χ2n) is 12.8. The maximum Gasteiger partial charge on any atom is 0.418 e. The van der Waals surface area contributed by atoms with Crippen LogP contribution in [0.5, 0.6) is 0 Å². The Bertz CT molecular complexity index is 1810. The number of aromatic nitrogens is 6. The summed E-state index contributed by atoms with van der Waals surface area (Å²) in [6, 6.07) is 2.16. The SMILES string of the molecule is CCOC(=O)C(C)n1cnc(C(=O)Nc2nc3nc(-c4cnc(C5CC5)c(C(F)(F)F)c4)cc(N(C)CC4(COC)CCCC4)c3[nH]2)c1. The molecule has 15 heteroatoms. The summed E-state index contributed by atoms with van der Waals surface area (Å²) < 4.78 is 54.6. The van der Waals surface area contributed by atoms with Crippen LogP contribution in [0.4, 0.5) is 24.8 Å². The Morgan fingerprint density at radius 2 is 1.94 bits per heavy atom. The Morgan fingerprint density at radius 3 is 2.60 bits per heavy atom. The zero-order valence-electron chi connectivity index (χ0n) is 27.4. The topological polar surface area (TPSA) is 140 Å². The van der Waals surface area contributed by atoms with Crippen molar-refractivity contribution >= 4 is 34.7 Å². The molecule has 2 fully saturated rings. The molecule has 12 nitrogen and oxygen atoms in total. The number of fused-ring (bicyclic) bond motifs is 1. The van der Waals surface area contributed by atoms with Crippen LogP contribution in [0.1, 0.15) is 86.1 Å². The predicted octanol–water partition coefficient (Wildman–Crippen LogP) is 6.13. The fourth-order valence-electron chi connectivity index (χ4n) is 6.59. The Balaban J connectivity index is 1.36. The Labute approximate surface area is 275 Å². The van der Waals surface area contributed by atoms with Gasteiger partial charge in [0.1, 0.15) is 17.3 Å². The lowest BCUT2D eigenvalue weighted by atomic mass is 9.86. The first kappa shape index (κ1) is 33.4. The van der Waals surface area contributed by atoms with Crippen molar-refractivity contribution in [2.45, 2.75) is 70.5 Å². The standard InChI is InChI=1S/C33H39F3N8O4/c1-5-48-30(46)19(2)44-15-24(38-18-44)29(45)42-31-40-27-25(43(3)16-32(17-47-4)10-6-7-11-32)13-23(39-28(27)41-31)21-12-22(33(34,35)36)26(37-14-21)20-8-9-20/h12-15,18-20H,5-11,16-17H2,1-4H3,(H2,39,40,41,42,45). The molecule has 0 aliphatic heterocycles. The maximum atomic E-state index is 14.2. The van der Waals surface area contributed by atoms with Crippen LogP contribution in [0.2, 0.25) is 0 Å². The molecular formula is C33H39F3N8O4. The number of anilines is 2. The molecule has 1 unspecified atom stereocenters. The van der Waals surface area contributed by atoms with Crippen LogP contribution in [-0.4, -0.2) is 75.3 Å². The van der Waals surface area contributed by atoms with Crippen LogP contribution in [0.3, 0.4) is 0 Å². The van der Waals surface area contributed by atoms with Crippen LogP contribution in [0.25, 0.3) is 22.4 Å². The van der Waals surface area contributed by atoms with E-state index >= 15 is 0 Å². The highest BCUT2D eigenvalue weighted by Gasteiger charge is 2.40. The summed E-state index contributed by atoms with van der Waals surface area (Å²) in [5.41, 5.74) is 1.11. The minimum absolute atomic E-state index is 0.0434. The van der Waals surface area contributed by atoms with Crippen molar-refractivity contribution in [1.82, 2.24) is 29.5 Å². The molecule has 2 aliphatic rings. The van der Waals surface area contributed by atoms with E-state index in [4.69, 9.17) is 9.47 Å². The molecule has 1 atom stereocenters. The number of esters is 1. The summed E-state index contributed by atoms with van der Waals surface area (Å²) in [6.45, 7) is 4.77. The summed E-state index contributed by atoms with van der Waals surface area (Å²) in [4.78, 5) is 48.0. The highest BCUT2D eigenvalue weighted by atomic mass is 19.4. The van der Waals surface area contributed by atoms with Gasteiger partial charge in [-0.15, -0.1) is 0 Å². The van der Waals surface area contributed by atoms with Crippen LogP contribution in [-0.2, 0) is 20.4 Å². The minimum atomic E-state index is -4.56. The molecule has 0 saturated heterocycles. The lowest BCUT2D eigenvalue weighted by Crippen LogP contribution is -2.37. The molecule has 6 rings (SSSR count). The van der Waals surface area contributed by atoms with Crippen molar-refractivity contribution in [3.8, 4) is 11.3 Å². The van der Waals surface area contributed by atoms with Crippen molar-refractivity contribution in [1.29, 1.82) is 0 Å². The summed E-state index contributed by atoms with van der Waals surface area (Å²) in [5, 5.41) is 2.70. The average Bonchev–Trinajstić information content (AvgIpc) is 3.39. The number of hydrogen-bond acceptors (Lipinski definition) is 9. The number of amides is 1. The van der Waals surface area contributed by atoms with E-state index in [1.807, 2.05) is 11.9 Å². The van der Waals surface area contributed by atoms with E-state index in [0.717, 1.165) is 31.7 Å². The normalized spacial score (nSPS) is 16.6. The third-order valence-electron chi connectivity index (χ3n) is 9.16. The number of imidazole rings is 2. The van der Waals surface area contributed by atoms with Gasteiger partial charge in [-0.1, -0.05) is 12.8 Å². The summed E-state index contributed by atoms with van der Waals surface area (Å²) >= 11 is 0. The number of halogens is 3. The first-order chi connectivity index (χ1) is 22.9. The number of alkyl halides is 3. The van der Waals surface area contributed by atoms with Crippen LogP contribution in [0, 0.1) is 5.41 Å².